The van der Waals surface area contributed by atoms with Crippen molar-refractivity contribution in [2.24, 2.45) is 0 Å². The number of fused-ring (bicyclic) bond motifs is 1. The van der Waals surface area contributed by atoms with Crippen molar-refractivity contribution in [2.75, 3.05) is 5.32 Å². The molecule has 2 aromatic rings. The van der Waals surface area contributed by atoms with Crippen molar-refractivity contribution >= 4 is 11.5 Å². The van der Waals surface area contributed by atoms with Crippen molar-refractivity contribution in [2.45, 2.75) is 17.9 Å². The van der Waals surface area contributed by atoms with E-state index in [4.69, 9.17) is 0 Å². The highest BCUT2D eigenvalue weighted by molar-refractivity contribution is 6.16. The average Bonchev–Trinajstić information content (AvgIpc) is 3.08. The summed E-state index contributed by atoms with van der Waals surface area (Å²) < 4.78 is 0. The van der Waals surface area contributed by atoms with Gasteiger partial charge in [-0.25, -0.2) is 0 Å². The van der Waals surface area contributed by atoms with Gasteiger partial charge in [0.2, 0.25) is 0 Å². The first-order valence-corrected chi connectivity index (χ1v) is 6.28. The molecule has 2 aromatic carbocycles. The summed E-state index contributed by atoms with van der Waals surface area (Å²) in [5, 5.41) is 3.43. The number of hydrogen-bond donors (Lipinski definition) is 1. The monoisotopic (exact) mass is 235 g/mol. The predicted octanol–water partition coefficient (Wildman–Crippen LogP) is 3.22. The number of carbonyl (C=O) groups excluding carboxylic acids is 1. The first-order chi connectivity index (χ1) is 8.81. The molecule has 2 nitrogen and oxygen atoms in total. The molecule has 0 unspecified atom stereocenters. The summed E-state index contributed by atoms with van der Waals surface area (Å²) in [6, 6.07) is 18.1. The molecule has 0 bridgehead atoms. The first-order valence-electron chi connectivity index (χ1n) is 6.28. The van der Waals surface area contributed by atoms with Crippen molar-refractivity contribution in [3.63, 3.8) is 0 Å². The van der Waals surface area contributed by atoms with Crippen LogP contribution in [0.1, 0.15) is 28.3 Å². The summed E-state index contributed by atoms with van der Waals surface area (Å²) >= 11 is 0. The molecule has 0 aromatic heterocycles. The van der Waals surface area contributed by atoms with Gasteiger partial charge in [0.1, 0.15) is 5.54 Å². The molecule has 18 heavy (non-hydrogen) atoms. The normalized spacial score (nSPS) is 28.0. The SMILES string of the molecule is O=C1c2ccccc2N[C@@]12C[C@@H]2c1ccccc1. The Kier molecular flexibility index (Phi) is 1.77. The molecule has 0 radical (unpaired) electrons. The molecule has 88 valence electrons. The Bertz CT molecular complexity index is 635. The summed E-state index contributed by atoms with van der Waals surface area (Å²) in [4.78, 5) is 12.5. The Morgan fingerprint density at radius 3 is 2.50 bits per heavy atom. The van der Waals surface area contributed by atoms with E-state index >= 15 is 0 Å². The number of rotatable bonds is 1. The molecule has 1 heterocycles. The van der Waals surface area contributed by atoms with Crippen molar-refractivity contribution in [1.82, 2.24) is 0 Å². The number of nitrogens with one attached hydrogen (secondary N) is 1. The zero-order valence-electron chi connectivity index (χ0n) is 9.89. The van der Waals surface area contributed by atoms with Crippen LogP contribution in [0.4, 0.5) is 5.69 Å². The maximum atomic E-state index is 12.5. The van der Waals surface area contributed by atoms with Gasteiger partial charge in [0, 0.05) is 17.2 Å². The highest BCUT2D eigenvalue weighted by atomic mass is 16.1. The number of ketones is 1. The Balaban J connectivity index is 1.73. The van der Waals surface area contributed by atoms with Crippen LogP contribution < -0.4 is 5.32 Å². The number of carbonyl (C=O) groups is 1. The fourth-order valence-electron chi connectivity index (χ4n) is 3.07. The lowest BCUT2D eigenvalue weighted by molar-refractivity contribution is 0.0967. The zero-order valence-corrected chi connectivity index (χ0v) is 9.89. The quantitative estimate of drug-likeness (QED) is 0.822. The van der Waals surface area contributed by atoms with Gasteiger partial charge < -0.3 is 5.32 Å². The number of para-hydroxylation sites is 1. The summed E-state index contributed by atoms with van der Waals surface area (Å²) in [6.07, 6.45) is 0.907. The fourth-order valence-corrected chi connectivity index (χ4v) is 3.07. The van der Waals surface area contributed by atoms with Gasteiger partial charge in [-0.3, -0.25) is 4.79 Å². The largest absolute Gasteiger partial charge is 0.371 e. The molecule has 2 aliphatic rings. The minimum Gasteiger partial charge on any atom is -0.371 e. The van der Waals surface area contributed by atoms with E-state index in [1.807, 2.05) is 42.5 Å². The summed E-state index contributed by atoms with van der Waals surface area (Å²) in [7, 11) is 0. The highest BCUT2D eigenvalue weighted by Gasteiger charge is 2.63. The second-order valence-electron chi connectivity index (χ2n) is 5.14. The topological polar surface area (TPSA) is 29.1 Å². The third-order valence-electron chi connectivity index (χ3n) is 4.10. The van der Waals surface area contributed by atoms with Gasteiger partial charge in [-0.1, -0.05) is 42.5 Å². The summed E-state index contributed by atoms with van der Waals surface area (Å²) in [5.41, 5.74) is 2.73. The van der Waals surface area contributed by atoms with E-state index < -0.39 is 0 Å². The van der Waals surface area contributed by atoms with Gasteiger partial charge in [-0.15, -0.1) is 0 Å². The lowest BCUT2D eigenvalue weighted by Crippen LogP contribution is -2.26. The number of anilines is 1. The van der Waals surface area contributed by atoms with Crippen molar-refractivity contribution in [1.29, 1.82) is 0 Å². The standard InChI is InChI=1S/C16H13NO/c18-15-12-8-4-5-9-14(12)17-16(15)10-13(16)11-6-2-1-3-7-11/h1-9,13,17H,10H2/t13-,16-/m1/s1. The predicted molar refractivity (Wildman–Crippen MR) is 70.9 cm³/mol. The van der Waals surface area contributed by atoms with E-state index in [1.165, 1.54) is 5.56 Å². The minimum absolute atomic E-state index is 0.256. The Morgan fingerprint density at radius 1 is 1.00 bits per heavy atom. The maximum Gasteiger partial charge on any atom is 0.190 e. The summed E-state index contributed by atoms with van der Waals surface area (Å²) in [6.45, 7) is 0. The molecule has 4 rings (SSSR count). The molecular formula is C16H13NO. The second-order valence-corrected chi connectivity index (χ2v) is 5.14. The Morgan fingerprint density at radius 2 is 1.72 bits per heavy atom. The van der Waals surface area contributed by atoms with E-state index in [0.29, 0.717) is 5.92 Å². The van der Waals surface area contributed by atoms with Crippen LogP contribution in [0.2, 0.25) is 0 Å². The Hall–Kier alpha value is -2.09. The lowest BCUT2D eigenvalue weighted by Gasteiger charge is -2.09. The second kappa shape index (κ2) is 3.22. The van der Waals surface area contributed by atoms with E-state index in [9.17, 15) is 4.79 Å². The van der Waals surface area contributed by atoms with Crippen LogP contribution >= 0.6 is 0 Å². The fraction of sp³-hybridized carbons (Fsp3) is 0.188. The highest BCUT2D eigenvalue weighted by Crippen LogP contribution is 2.58. The van der Waals surface area contributed by atoms with Crippen molar-refractivity contribution < 1.29 is 4.79 Å². The first kappa shape index (κ1) is 9.89. The van der Waals surface area contributed by atoms with E-state index in [-0.39, 0.29) is 11.3 Å². The molecule has 1 aliphatic carbocycles. The summed E-state index contributed by atoms with van der Waals surface area (Å²) in [5.74, 6) is 0.575. The third kappa shape index (κ3) is 1.15. The third-order valence-corrected chi connectivity index (χ3v) is 4.10. The van der Waals surface area contributed by atoms with Gasteiger partial charge in [-0.2, -0.15) is 0 Å². The van der Waals surface area contributed by atoms with Crippen LogP contribution in [-0.4, -0.2) is 11.3 Å². The van der Waals surface area contributed by atoms with Crippen LogP contribution in [0, 0.1) is 0 Å². The van der Waals surface area contributed by atoms with E-state index in [2.05, 4.69) is 17.4 Å². The number of Topliss-reactive ketones (excluding diaryl/α,β-unsaturated/α-hetero) is 1. The van der Waals surface area contributed by atoms with Crippen LogP contribution in [0.25, 0.3) is 0 Å². The van der Waals surface area contributed by atoms with Crippen molar-refractivity contribution in [3.8, 4) is 0 Å². The molecule has 2 atom stereocenters. The van der Waals surface area contributed by atoms with Crippen LogP contribution in [-0.2, 0) is 0 Å². The molecular weight excluding hydrogens is 222 g/mol. The van der Waals surface area contributed by atoms with E-state index in [1.54, 1.807) is 0 Å². The smallest absolute Gasteiger partial charge is 0.190 e. The van der Waals surface area contributed by atoms with Crippen molar-refractivity contribution in [3.05, 3.63) is 65.7 Å². The van der Waals surface area contributed by atoms with E-state index in [0.717, 1.165) is 17.7 Å². The molecule has 1 fully saturated rings. The molecule has 2 heteroatoms. The lowest BCUT2D eigenvalue weighted by atomic mass is 10.0. The van der Waals surface area contributed by atoms with Gasteiger partial charge in [-0.05, 0) is 24.1 Å². The molecule has 1 saturated carbocycles. The molecule has 0 amide bonds. The van der Waals surface area contributed by atoms with Gasteiger partial charge >= 0.3 is 0 Å². The molecule has 1 spiro atoms. The molecule has 1 N–H and O–H groups in total. The van der Waals surface area contributed by atoms with Crippen LogP contribution in [0.3, 0.4) is 0 Å². The molecule has 1 aliphatic heterocycles. The zero-order chi connectivity index (χ0) is 12.2. The number of hydrogen-bond acceptors (Lipinski definition) is 2. The Labute approximate surface area is 106 Å². The van der Waals surface area contributed by atoms with Gasteiger partial charge in [0.15, 0.2) is 5.78 Å². The van der Waals surface area contributed by atoms with Crippen LogP contribution in [0.5, 0.6) is 0 Å². The molecule has 0 saturated heterocycles. The maximum absolute atomic E-state index is 12.5. The van der Waals surface area contributed by atoms with Gasteiger partial charge in [0.05, 0.1) is 0 Å². The average molecular weight is 235 g/mol. The van der Waals surface area contributed by atoms with Crippen LogP contribution in [0.15, 0.2) is 54.6 Å². The van der Waals surface area contributed by atoms with Gasteiger partial charge in [0.25, 0.3) is 0 Å². The number of benzene rings is 2. The minimum atomic E-state index is -0.356.